The zero-order valence-electron chi connectivity index (χ0n) is 12.0. The molecule has 0 radical (unpaired) electrons. The van der Waals surface area contributed by atoms with E-state index >= 15 is 0 Å². The Morgan fingerprint density at radius 2 is 2.15 bits per heavy atom. The van der Waals surface area contributed by atoms with Crippen LogP contribution in [0.5, 0.6) is 5.75 Å². The van der Waals surface area contributed by atoms with Crippen LogP contribution in [0.4, 0.5) is 5.69 Å². The second-order valence-corrected chi connectivity index (χ2v) is 8.07. The predicted octanol–water partition coefficient (Wildman–Crippen LogP) is 1.71. The molecule has 5 nitrogen and oxygen atoms in total. The van der Waals surface area contributed by atoms with Crippen molar-refractivity contribution in [1.29, 1.82) is 0 Å². The van der Waals surface area contributed by atoms with E-state index in [1.54, 1.807) is 28.6 Å². The summed E-state index contributed by atoms with van der Waals surface area (Å²) >= 11 is 0. The van der Waals surface area contributed by atoms with E-state index < -0.39 is 10.0 Å². The molecule has 0 unspecified atom stereocenters. The Morgan fingerprint density at radius 1 is 1.40 bits per heavy atom. The first-order chi connectivity index (χ1) is 9.28. The summed E-state index contributed by atoms with van der Waals surface area (Å²) in [4.78, 5) is 0. The largest absolute Gasteiger partial charge is 0.492 e. The maximum Gasteiger partial charge on any atom is 0.217 e. The molecule has 1 aliphatic heterocycles. The van der Waals surface area contributed by atoms with E-state index in [0.717, 1.165) is 6.42 Å². The lowest BCUT2D eigenvalue weighted by Gasteiger charge is -2.19. The molecule has 0 amide bonds. The van der Waals surface area contributed by atoms with Gasteiger partial charge in [0.05, 0.1) is 5.75 Å². The summed E-state index contributed by atoms with van der Waals surface area (Å²) in [7, 11) is -3.23. The lowest BCUT2D eigenvalue weighted by atomic mass is 9.93. The second kappa shape index (κ2) is 5.61. The minimum atomic E-state index is -3.23. The van der Waals surface area contributed by atoms with E-state index in [1.165, 1.54) is 0 Å². The molecule has 0 aromatic heterocycles. The van der Waals surface area contributed by atoms with Crippen LogP contribution in [0, 0.1) is 5.41 Å². The van der Waals surface area contributed by atoms with Crippen LogP contribution in [0.1, 0.15) is 20.3 Å². The van der Waals surface area contributed by atoms with Gasteiger partial charge in [-0.3, -0.25) is 0 Å². The van der Waals surface area contributed by atoms with Crippen LogP contribution in [-0.4, -0.2) is 38.2 Å². The van der Waals surface area contributed by atoms with Crippen molar-refractivity contribution in [3.63, 3.8) is 0 Å². The van der Waals surface area contributed by atoms with Crippen molar-refractivity contribution in [3.05, 3.63) is 24.3 Å². The molecule has 1 aliphatic rings. The molecule has 112 valence electrons. The van der Waals surface area contributed by atoms with Gasteiger partial charge in [0.2, 0.25) is 10.0 Å². The third kappa shape index (κ3) is 3.86. The van der Waals surface area contributed by atoms with Crippen molar-refractivity contribution in [2.24, 2.45) is 5.41 Å². The van der Waals surface area contributed by atoms with Gasteiger partial charge in [-0.05, 0) is 24.0 Å². The van der Waals surface area contributed by atoms with Crippen molar-refractivity contribution in [2.45, 2.75) is 20.3 Å². The minimum Gasteiger partial charge on any atom is -0.492 e. The van der Waals surface area contributed by atoms with Crippen LogP contribution in [0.25, 0.3) is 0 Å². The summed E-state index contributed by atoms with van der Waals surface area (Å²) in [5.41, 5.74) is 6.31. The maximum absolute atomic E-state index is 12.2. The first-order valence-corrected chi connectivity index (χ1v) is 8.36. The number of nitrogens with zero attached hydrogens (tertiary/aromatic N) is 1. The van der Waals surface area contributed by atoms with Gasteiger partial charge in [-0.15, -0.1) is 0 Å². The molecule has 0 saturated carbocycles. The van der Waals surface area contributed by atoms with E-state index in [1.807, 2.05) is 0 Å². The highest BCUT2D eigenvalue weighted by atomic mass is 32.2. The Bertz CT molecular complexity index is 570. The van der Waals surface area contributed by atoms with Gasteiger partial charge in [-0.1, -0.05) is 19.9 Å². The first kappa shape index (κ1) is 15.1. The van der Waals surface area contributed by atoms with Gasteiger partial charge in [0, 0.05) is 24.8 Å². The Kier molecular flexibility index (Phi) is 4.25. The minimum absolute atomic E-state index is 0.00210. The lowest BCUT2D eigenvalue weighted by Crippen LogP contribution is -2.34. The number of ether oxygens (including phenoxy) is 1. The molecule has 2 rings (SSSR count). The summed E-state index contributed by atoms with van der Waals surface area (Å²) in [6.45, 7) is 5.52. The molecule has 1 aromatic rings. The van der Waals surface area contributed by atoms with Gasteiger partial charge in [0.15, 0.2) is 0 Å². The van der Waals surface area contributed by atoms with Crippen LogP contribution in [0.2, 0.25) is 0 Å². The fourth-order valence-corrected chi connectivity index (χ4v) is 3.77. The van der Waals surface area contributed by atoms with Gasteiger partial charge in [-0.2, -0.15) is 0 Å². The first-order valence-electron chi connectivity index (χ1n) is 6.75. The van der Waals surface area contributed by atoms with E-state index in [9.17, 15) is 8.42 Å². The van der Waals surface area contributed by atoms with E-state index in [0.29, 0.717) is 24.5 Å². The van der Waals surface area contributed by atoms with Crippen LogP contribution in [-0.2, 0) is 10.0 Å². The Labute approximate surface area is 120 Å². The van der Waals surface area contributed by atoms with E-state index in [2.05, 4.69) is 13.8 Å². The summed E-state index contributed by atoms with van der Waals surface area (Å²) < 4.78 is 31.4. The molecule has 1 saturated heterocycles. The number of anilines is 1. The summed E-state index contributed by atoms with van der Waals surface area (Å²) in [6, 6.07) is 6.99. The Balaban J connectivity index is 1.87. The molecule has 2 N–H and O–H groups in total. The van der Waals surface area contributed by atoms with Crippen molar-refractivity contribution in [2.75, 3.05) is 31.2 Å². The number of rotatable bonds is 5. The third-order valence-electron chi connectivity index (χ3n) is 3.50. The van der Waals surface area contributed by atoms with Crippen LogP contribution in [0.15, 0.2) is 24.3 Å². The van der Waals surface area contributed by atoms with Crippen molar-refractivity contribution in [3.8, 4) is 5.75 Å². The van der Waals surface area contributed by atoms with Gasteiger partial charge < -0.3 is 10.5 Å². The van der Waals surface area contributed by atoms with Crippen LogP contribution in [0.3, 0.4) is 0 Å². The molecule has 0 spiro atoms. The second-order valence-electron chi connectivity index (χ2n) is 5.98. The van der Waals surface area contributed by atoms with Crippen LogP contribution < -0.4 is 10.5 Å². The number of benzene rings is 1. The van der Waals surface area contributed by atoms with Gasteiger partial charge in [0.1, 0.15) is 12.4 Å². The van der Waals surface area contributed by atoms with Gasteiger partial charge in [0.25, 0.3) is 0 Å². The molecular formula is C14H22N2O3S. The molecule has 0 aliphatic carbocycles. The summed E-state index contributed by atoms with van der Waals surface area (Å²) in [5, 5.41) is 0. The number of nitrogen functional groups attached to an aromatic ring is 1. The highest BCUT2D eigenvalue weighted by molar-refractivity contribution is 7.89. The van der Waals surface area contributed by atoms with Crippen LogP contribution >= 0.6 is 0 Å². The van der Waals surface area contributed by atoms with Crippen molar-refractivity contribution < 1.29 is 13.2 Å². The number of sulfonamides is 1. The molecular weight excluding hydrogens is 276 g/mol. The fraction of sp³-hybridized carbons (Fsp3) is 0.571. The molecule has 6 heteroatoms. The normalized spacial score (nSPS) is 19.1. The summed E-state index contributed by atoms with van der Waals surface area (Å²) in [5.74, 6) is 0.597. The quantitative estimate of drug-likeness (QED) is 0.840. The molecule has 0 bridgehead atoms. The van der Waals surface area contributed by atoms with Gasteiger partial charge in [-0.25, -0.2) is 12.7 Å². The molecule has 1 aromatic carbocycles. The molecule has 1 heterocycles. The van der Waals surface area contributed by atoms with E-state index in [-0.39, 0.29) is 17.8 Å². The molecule has 1 fully saturated rings. The fourth-order valence-electron chi connectivity index (χ4n) is 2.30. The zero-order valence-corrected chi connectivity index (χ0v) is 12.8. The number of nitrogens with two attached hydrogens (primary N) is 1. The summed E-state index contributed by atoms with van der Waals surface area (Å²) in [6.07, 6.45) is 0.905. The maximum atomic E-state index is 12.2. The third-order valence-corrected chi connectivity index (χ3v) is 5.28. The topological polar surface area (TPSA) is 72.6 Å². The predicted molar refractivity (Wildman–Crippen MR) is 80.1 cm³/mol. The highest BCUT2D eigenvalue weighted by Crippen LogP contribution is 2.30. The standard InChI is InChI=1S/C14H22N2O3S/c1-14(2)6-7-16(11-14)20(17,18)9-8-19-13-5-3-4-12(15)10-13/h3-5,10H,6-9,11,15H2,1-2H3. The van der Waals surface area contributed by atoms with Crippen molar-refractivity contribution in [1.82, 2.24) is 4.31 Å². The highest BCUT2D eigenvalue weighted by Gasteiger charge is 2.35. The SMILES string of the molecule is CC1(C)CCN(S(=O)(=O)CCOc2cccc(N)c2)C1. The number of hydrogen-bond donors (Lipinski definition) is 1. The average Bonchev–Trinajstić information content (AvgIpc) is 2.70. The number of hydrogen-bond acceptors (Lipinski definition) is 4. The Morgan fingerprint density at radius 3 is 2.75 bits per heavy atom. The van der Waals surface area contributed by atoms with E-state index in [4.69, 9.17) is 10.5 Å². The molecule has 20 heavy (non-hydrogen) atoms. The van der Waals surface area contributed by atoms with Gasteiger partial charge >= 0.3 is 0 Å². The molecule has 0 atom stereocenters. The lowest BCUT2D eigenvalue weighted by molar-refractivity contribution is 0.333. The monoisotopic (exact) mass is 298 g/mol. The smallest absolute Gasteiger partial charge is 0.217 e. The Hall–Kier alpha value is -1.27. The zero-order chi connectivity index (χ0) is 14.8. The average molecular weight is 298 g/mol. The van der Waals surface area contributed by atoms with Crippen molar-refractivity contribution >= 4 is 15.7 Å².